The largest absolute Gasteiger partial charge is 0.507 e. The molecule has 4 nitrogen and oxygen atoms in total. The third-order valence-corrected chi connectivity index (χ3v) is 3.27. The van der Waals surface area contributed by atoms with Gasteiger partial charge in [0.25, 0.3) is 5.91 Å². The third kappa shape index (κ3) is 3.08. The summed E-state index contributed by atoms with van der Waals surface area (Å²) in [7, 11) is 1.46. The smallest absolute Gasteiger partial charge is 0.259 e. The second-order valence-electron chi connectivity index (χ2n) is 3.97. The van der Waals surface area contributed by atoms with Gasteiger partial charge < -0.3 is 15.2 Å². The molecule has 0 unspecified atom stereocenters. The van der Waals surface area contributed by atoms with E-state index in [0.717, 1.165) is 0 Å². The molecule has 0 bridgehead atoms. The van der Waals surface area contributed by atoms with Crippen molar-refractivity contribution in [1.29, 1.82) is 0 Å². The Morgan fingerprint density at radius 2 is 2.05 bits per heavy atom. The molecule has 104 valence electrons. The van der Waals surface area contributed by atoms with Gasteiger partial charge in [0.2, 0.25) is 0 Å². The van der Waals surface area contributed by atoms with Crippen molar-refractivity contribution in [2.24, 2.45) is 0 Å². The fraction of sp³-hybridized carbons (Fsp3) is 0.0714. The quantitative estimate of drug-likeness (QED) is 0.898. The van der Waals surface area contributed by atoms with Gasteiger partial charge in [-0.3, -0.25) is 4.79 Å². The molecule has 0 aromatic heterocycles. The Kier molecular flexibility index (Phi) is 4.24. The van der Waals surface area contributed by atoms with Crippen LogP contribution in [0.15, 0.2) is 40.9 Å². The maximum atomic E-state index is 13.3. The minimum atomic E-state index is -0.535. The van der Waals surface area contributed by atoms with Crippen molar-refractivity contribution in [1.82, 2.24) is 0 Å². The molecule has 0 aliphatic carbocycles. The number of halogens is 2. The number of methoxy groups -OCH3 is 1. The maximum Gasteiger partial charge on any atom is 0.259 e. The first-order chi connectivity index (χ1) is 9.51. The zero-order valence-electron chi connectivity index (χ0n) is 10.5. The highest BCUT2D eigenvalue weighted by Gasteiger charge is 2.13. The summed E-state index contributed by atoms with van der Waals surface area (Å²) < 4.78 is 18.6. The number of anilines is 1. The van der Waals surface area contributed by atoms with E-state index in [9.17, 15) is 14.3 Å². The molecule has 0 fully saturated rings. The maximum absolute atomic E-state index is 13.3. The van der Waals surface area contributed by atoms with E-state index >= 15 is 0 Å². The van der Waals surface area contributed by atoms with Gasteiger partial charge in [0.1, 0.15) is 17.3 Å². The number of benzene rings is 2. The molecule has 20 heavy (non-hydrogen) atoms. The Balaban J connectivity index is 2.21. The number of amides is 1. The Bertz CT molecular complexity index is 661. The van der Waals surface area contributed by atoms with Gasteiger partial charge in [0.15, 0.2) is 0 Å². The lowest BCUT2D eigenvalue weighted by molar-refractivity contribution is 0.102. The van der Waals surface area contributed by atoms with Crippen molar-refractivity contribution < 1.29 is 19.0 Å². The van der Waals surface area contributed by atoms with Crippen LogP contribution in [0.3, 0.4) is 0 Å². The lowest BCUT2D eigenvalue weighted by Gasteiger charge is -2.08. The molecule has 0 spiro atoms. The molecule has 2 N–H and O–H groups in total. The monoisotopic (exact) mass is 339 g/mol. The summed E-state index contributed by atoms with van der Waals surface area (Å²) in [4.78, 5) is 12.0. The highest BCUT2D eigenvalue weighted by atomic mass is 79.9. The van der Waals surface area contributed by atoms with Gasteiger partial charge in [0, 0.05) is 11.8 Å². The summed E-state index contributed by atoms with van der Waals surface area (Å²) in [6.07, 6.45) is 0. The molecule has 0 saturated heterocycles. The summed E-state index contributed by atoms with van der Waals surface area (Å²) in [6.45, 7) is 0. The van der Waals surface area contributed by atoms with Crippen LogP contribution in [0, 0.1) is 5.82 Å². The van der Waals surface area contributed by atoms with E-state index < -0.39 is 11.7 Å². The summed E-state index contributed by atoms with van der Waals surface area (Å²) >= 11 is 3.03. The summed E-state index contributed by atoms with van der Waals surface area (Å²) in [5.74, 6) is -0.790. The molecule has 0 heterocycles. The van der Waals surface area contributed by atoms with Crippen LogP contribution in [-0.2, 0) is 0 Å². The Morgan fingerprint density at radius 1 is 1.30 bits per heavy atom. The van der Waals surface area contributed by atoms with Crippen LogP contribution in [-0.4, -0.2) is 18.1 Å². The number of phenols is 1. The molecule has 0 aliphatic rings. The summed E-state index contributed by atoms with van der Waals surface area (Å²) in [6, 6.07) is 8.53. The molecule has 6 heteroatoms. The van der Waals surface area contributed by atoms with Crippen molar-refractivity contribution in [3.05, 3.63) is 52.3 Å². The number of rotatable bonds is 3. The Hall–Kier alpha value is -2.08. The lowest BCUT2D eigenvalue weighted by atomic mass is 10.1. The first-order valence-corrected chi connectivity index (χ1v) is 6.44. The van der Waals surface area contributed by atoms with Crippen LogP contribution in [0.1, 0.15) is 10.4 Å². The van der Waals surface area contributed by atoms with E-state index in [1.54, 1.807) is 12.1 Å². The number of aromatic hydroxyl groups is 1. The average molecular weight is 340 g/mol. The number of carbonyl (C=O) groups is 1. The number of phenolic OH excluding ortho intramolecular Hbond substituents is 1. The predicted molar refractivity (Wildman–Crippen MR) is 76.7 cm³/mol. The predicted octanol–water partition coefficient (Wildman–Crippen LogP) is 3.55. The molecular formula is C14H11BrFNO3. The normalized spacial score (nSPS) is 10.2. The first-order valence-electron chi connectivity index (χ1n) is 5.64. The summed E-state index contributed by atoms with van der Waals surface area (Å²) in [5.41, 5.74) is 0.375. The van der Waals surface area contributed by atoms with Gasteiger partial charge >= 0.3 is 0 Å². The topological polar surface area (TPSA) is 58.6 Å². The van der Waals surface area contributed by atoms with E-state index in [0.29, 0.717) is 15.9 Å². The molecular weight excluding hydrogens is 329 g/mol. The van der Waals surface area contributed by atoms with Crippen molar-refractivity contribution >= 4 is 27.5 Å². The third-order valence-electron chi connectivity index (χ3n) is 2.63. The van der Waals surface area contributed by atoms with Gasteiger partial charge in [0.05, 0.1) is 17.1 Å². The molecule has 2 aromatic rings. The highest BCUT2D eigenvalue weighted by Crippen LogP contribution is 2.25. The lowest BCUT2D eigenvalue weighted by Crippen LogP contribution is -2.12. The second-order valence-corrected chi connectivity index (χ2v) is 4.82. The standard InChI is InChI=1S/C14H11BrFNO3/c1-20-9-3-4-10(13(18)7-9)14(19)17-8-2-5-11(15)12(16)6-8/h2-7,18H,1H3,(H,17,19). The van der Waals surface area contributed by atoms with Crippen molar-refractivity contribution in [2.75, 3.05) is 12.4 Å². The van der Waals surface area contributed by atoms with Crippen LogP contribution in [0.25, 0.3) is 0 Å². The first kappa shape index (κ1) is 14.3. The van der Waals surface area contributed by atoms with Crippen LogP contribution < -0.4 is 10.1 Å². The minimum Gasteiger partial charge on any atom is -0.507 e. The Morgan fingerprint density at radius 3 is 2.65 bits per heavy atom. The Labute approximate surface area is 123 Å². The van der Waals surface area contributed by atoms with E-state index in [1.165, 1.54) is 31.4 Å². The van der Waals surface area contributed by atoms with Crippen molar-refractivity contribution in [3.63, 3.8) is 0 Å². The van der Waals surface area contributed by atoms with Crippen LogP contribution >= 0.6 is 15.9 Å². The molecule has 0 saturated carbocycles. The second kappa shape index (κ2) is 5.92. The van der Waals surface area contributed by atoms with Gasteiger partial charge in [-0.25, -0.2) is 4.39 Å². The van der Waals surface area contributed by atoms with Gasteiger partial charge in [-0.2, -0.15) is 0 Å². The van der Waals surface area contributed by atoms with Crippen LogP contribution in [0.4, 0.5) is 10.1 Å². The number of hydrogen-bond acceptors (Lipinski definition) is 3. The molecule has 0 atom stereocenters. The number of carbonyl (C=O) groups excluding carboxylic acids is 1. The highest BCUT2D eigenvalue weighted by molar-refractivity contribution is 9.10. The fourth-order valence-corrected chi connectivity index (χ4v) is 1.85. The number of nitrogens with one attached hydrogen (secondary N) is 1. The molecule has 1 amide bonds. The van der Waals surface area contributed by atoms with E-state index in [1.807, 2.05) is 0 Å². The van der Waals surface area contributed by atoms with Gasteiger partial charge in [-0.05, 0) is 46.3 Å². The molecule has 2 aromatic carbocycles. The molecule has 0 aliphatic heterocycles. The zero-order valence-corrected chi connectivity index (χ0v) is 12.1. The minimum absolute atomic E-state index is 0.0779. The molecule has 0 radical (unpaired) electrons. The zero-order chi connectivity index (χ0) is 14.7. The van der Waals surface area contributed by atoms with Gasteiger partial charge in [-0.1, -0.05) is 0 Å². The van der Waals surface area contributed by atoms with Crippen molar-refractivity contribution in [2.45, 2.75) is 0 Å². The number of hydrogen-bond donors (Lipinski definition) is 2. The van der Waals surface area contributed by atoms with Crippen molar-refractivity contribution in [3.8, 4) is 11.5 Å². The fourth-order valence-electron chi connectivity index (χ4n) is 1.60. The molecule has 2 rings (SSSR count). The van der Waals surface area contributed by atoms with E-state index in [4.69, 9.17) is 4.74 Å². The summed E-state index contributed by atoms with van der Waals surface area (Å²) in [5, 5.41) is 12.3. The number of ether oxygens (including phenoxy) is 1. The SMILES string of the molecule is COc1ccc(C(=O)Nc2ccc(Br)c(F)c2)c(O)c1. The van der Waals surface area contributed by atoms with Crippen LogP contribution in [0.5, 0.6) is 11.5 Å². The van der Waals surface area contributed by atoms with Crippen LogP contribution in [0.2, 0.25) is 0 Å². The van der Waals surface area contributed by atoms with E-state index in [2.05, 4.69) is 21.2 Å². The van der Waals surface area contributed by atoms with E-state index in [-0.39, 0.29) is 11.3 Å². The average Bonchev–Trinajstić information content (AvgIpc) is 2.42. The van der Waals surface area contributed by atoms with Gasteiger partial charge in [-0.15, -0.1) is 0 Å².